The van der Waals surface area contributed by atoms with Crippen molar-refractivity contribution in [3.05, 3.63) is 94.6 Å². The van der Waals surface area contributed by atoms with Gasteiger partial charge in [-0.05, 0) is 39.9 Å². The number of nitrogens with one attached hydrogen (secondary N) is 1. The Balaban J connectivity index is 1.52. The summed E-state index contributed by atoms with van der Waals surface area (Å²) >= 11 is 1.42. The van der Waals surface area contributed by atoms with Crippen molar-refractivity contribution in [2.75, 3.05) is 6.54 Å². The number of thiophene rings is 1. The van der Waals surface area contributed by atoms with Crippen LogP contribution in [0.3, 0.4) is 0 Å². The normalized spacial score (nSPS) is 13.4. The van der Waals surface area contributed by atoms with E-state index in [1.165, 1.54) is 17.6 Å². The van der Waals surface area contributed by atoms with E-state index >= 15 is 0 Å². The first kappa shape index (κ1) is 17.5. The Morgan fingerprint density at radius 3 is 2.67 bits per heavy atom. The molecule has 2 aromatic carbocycles. The number of carbonyl (C=O) groups is 1. The SMILES string of the molecule is O=C(Cc1cccc2ccccc12)NCC(O)(c1ccco1)c1cccs1. The molecule has 0 aliphatic carbocycles. The number of furan rings is 1. The molecule has 0 saturated heterocycles. The molecule has 0 bridgehead atoms. The van der Waals surface area contributed by atoms with E-state index in [2.05, 4.69) is 5.32 Å². The number of aliphatic hydroxyl groups is 1. The fourth-order valence-electron chi connectivity index (χ4n) is 3.23. The van der Waals surface area contributed by atoms with E-state index < -0.39 is 5.60 Å². The monoisotopic (exact) mass is 377 g/mol. The summed E-state index contributed by atoms with van der Waals surface area (Å²) in [5.74, 6) is 0.267. The molecule has 1 amide bonds. The Kier molecular flexibility index (Phi) is 4.79. The van der Waals surface area contributed by atoms with Crippen LogP contribution in [0.5, 0.6) is 0 Å². The standard InChI is InChI=1S/C22H19NO3S/c24-21(14-17-8-3-7-16-6-1-2-9-18(16)17)23-15-22(25,19-10-4-12-26-19)20-11-5-13-27-20/h1-13,25H,14-15H2,(H,23,24). The van der Waals surface area contributed by atoms with Crippen LogP contribution in [0.2, 0.25) is 0 Å². The Morgan fingerprint density at radius 1 is 1.04 bits per heavy atom. The maximum absolute atomic E-state index is 12.6. The first-order valence-electron chi connectivity index (χ1n) is 8.70. The third-order valence-corrected chi connectivity index (χ3v) is 5.65. The molecule has 2 aromatic heterocycles. The van der Waals surface area contributed by atoms with E-state index in [-0.39, 0.29) is 18.9 Å². The van der Waals surface area contributed by atoms with Crippen molar-refractivity contribution in [2.24, 2.45) is 0 Å². The lowest BCUT2D eigenvalue weighted by atomic mass is 9.98. The molecule has 0 spiro atoms. The minimum atomic E-state index is -1.38. The van der Waals surface area contributed by atoms with Crippen molar-refractivity contribution in [1.82, 2.24) is 5.32 Å². The zero-order valence-corrected chi connectivity index (χ0v) is 15.4. The van der Waals surface area contributed by atoms with Crippen molar-refractivity contribution >= 4 is 28.0 Å². The first-order chi connectivity index (χ1) is 13.2. The van der Waals surface area contributed by atoms with Gasteiger partial charge in [0.15, 0.2) is 5.60 Å². The Bertz CT molecular complexity index is 999. The molecule has 1 atom stereocenters. The molecule has 0 radical (unpaired) electrons. The third-order valence-electron chi connectivity index (χ3n) is 4.63. The number of hydrogen-bond acceptors (Lipinski definition) is 4. The quantitative estimate of drug-likeness (QED) is 0.532. The van der Waals surface area contributed by atoms with Crippen LogP contribution in [0.4, 0.5) is 0 Å². The lowest BCUT2D eigenvalue weighted by Gasteiger charge is -2.25. The van der Waals surface area contributed by atoms with E-state index in [4.69, 9.17) is 4.42 Å². The van der Waals surface area contributed by atoms with Crippen LogP contribution >= 0.6 is 11.3 Å². The van der Waals surface area contributed by atoms with E-state index in [0.29, 0.717) is 5.76 Å². The van der Waals surface area contributed by atoms with Crippen molar-refractivity contribution in [3.63, 3.8) is 0 Å². The van der Waals surface area contributed by atoms with E-state index in [9.17, 15) is 9.90 Å². The summed E-state index contributed by atoms with van der Waals surface area (Å²) in [6, 6.07) is 21.1. The smallest absolute Gasteiger partial charge is 0.224 e. The molecule has 136 valence electrons. The molecule has 2 heterocycles. The van der Waals surface area contributed by atoms with Gasteiger partial charge >= 0.3 is 0 Å². The fourth-order valence-corrected chi connectivity index (χ4v) is 4.06. The Hall–Kier alpha value is -2.89. The van der Waals surface area contributed by atoms with Gasteiger partial charge in [0, 0.05) is 4.88 Å². The highest BCUT2D eigenvalue weighted by atomic mass is 32.1. The van der Waals surface area contributed by atoms with Crippen molar-refractivity contribution in [1.29, 1.82) is 0 Å². The molecule has 0 aliphatic heterocycles. The van der Waals surface area contributed by atoms with Gasteiger partial charge in [-0.2, -0.15) is 0 Å². The molecule has 4 aromatic rings. The molecule has 0 saturated carbocycles. The molecule has 4 rings (SSSR count). The Labute approximate surface area is 161 Å². The van der Waals surface area contributed by atoms with Gasteiger partial charge in [-0.15, -0.1) is 11.3 Å². The maximum Gasteiger partial charge on any atom is 0.224 e. The number of rotatable bonds is 6. The summed E-state index contributed by atoms with van der Waals surface area (Å²) < 4.78 is 5.44. The third kappa shape index (κ3) is 3.52. The van der Waals surface area contributed by atoms with Gasteiger partial charge in [0.25, 0.3) is 0 Å². The second kappa shape index (κ2) is 7.39. The summed E-state index contributed by atoms with van der Waals surface area (Å²) in [5, 5.41) is 18.2. The molecule has 1 unspecified atom stereocenters. The summed E-state index contributed by atoms with van der Waals surface area (Å²) in [6.45, 7) is 0.0463. The largest absolute Gasteiger partial charge is 0.466 e. The minimum Gasteiger partial charge on any atom is -0.466 e. The number of benzene rings is 2. The van der Waals surface area contributed by atoms with Gasteiger partial charge in [-0.3, -0.25) is 4.79 Å². The molecule has 0 fully saturated rings. The average Bonchev–Trinajstić information content (AvgIpc) is 3.41. The molecule has 4 nitrogen and oxygen atoms in total. The number of carbonyl (C=O) groups excluding carboxylic acids is 1. The van der Waals surface area contributed by atoms with Crippen LogP contribution < -0.4 is 5.32 Å². The van der Waals surface area contributed by atoms with E-state index in [0.717, 1.165) is 21.2 Å². The predicted octanol–water partition coefficient (Wildman–Crippen LogP) is 4.09. The highest BCUT2D eigenvalue weighted by Crippen LogP contribution is 2.32. The number of amides is 1. The zero-order chi connectivity index (χ0) is 18.7. The Morgan fingerprint density at radius 2 is 1.89 bits per heavy atom. The van der Waals surface area contributed by atoms with E-state index in [1.807, 2.05) is 60.0 Å². The van der Waals surface area contributed by atoms with Gasteiger partial charge in [0.1, 0.15) is 5.76 Å². The van der Waals surface area contributed by atoms with Crippen molar-refractivity contribution in [3.8, 4) is 0 Å². The zero-order valence-electron chi connectivity index (χ0n) is 14.6. The van der Waals surface area contributed by atoms with Crippen LogP contribution in [0.1, 0.15) is 16.2 Å². The summed E-state index contributed by atoms with van der Waals surface area (Å²) in [7, 11) is 0. The lowest BCUT2D eigenvalue weighted by Crippen LogP contribution is -2.41. The minimum absolute atomic E-state index is 0.0463. The van der Waals surface area contributed by atoms with Gasteiger partial charge in [-0.25, -0.2) is 0 Å². The van der Waals surface area contributed by atoms with Crippen LogP contribution in [-0.2, 0) is 16.8 Å². The highest BCUT2D eigenvalue weighted by molar-refractivity contribution is 7.10. The van der Waals surface area contributed by atoms with Crippen LogP contribution in [-0.4, -0.2) is 17.6 Å². The molecule has 27 heavy (non-hydrogen) atoms. The van der Waals surface area contributed by atoms with Crippen LogP contribution in [0.15, 0.2) is 82.8 Å². The topological polar surface area (TPSA) is 62.5 Å². The lowest BCUT2D eigenvalue weighted by molar-refractivity contribution is -0.121. The predicted molar refractivity (Wildman–Crippen MR) is 107 cm³/mol. The van der Waals surface area contributed by atoms with Gasteiger partial charge in [0.05, 0.1) is 19.2 Å². The summed E-state index contributed by atoms with van der Waals surface area (Å²) in [5.41, 5.74) is -0.422. The molecule has 0 aliphatic rings. The van der Waals surface area contributed by atoms with Gasteiger partial charge in [-0.1, -0.05) is 48.5 Å². The fraction of sp³-hybridized carbons (Fsp3) is 0.136. The van der Waals surface area contributed by atoms with Crippen molar-refractivity contribution in [2.45, 2.75) is 12.0 Å². The average molecular weight is 377 g/mol. The first-order valence-corrected chi connectivity index (χ1v) is 9.58. The molecular formula is C22H19NO3S. The van der Waals surface area contributed by atoms with Gasteiger partial charge < -0.3 is 14.8 Å². The highest BCUT2D eigenvalue weighted by Gasteiger charge is 2.36. The molecular weight excluding hydrogens is 358 g/mol. The molecule has 5 heteroatoms. The van der Waals surface area contributed by atoms with Gasteiger partial charge in [0.2, 0.25) is 5.91 Å². The molecule has 2 N–H and O–H groups in total. The van der Waals surface area contributed by atoms with E-state index in [1.54, 1.807) is 12.1 Å². The number of fused-ring (bicyclic) bond motifs is 1. The maximum atomic E-state index is 12.6. The second-order valence-electron chi connectivity index (χ2n) is 6.41. The van der Waals surface area contributed by atoms with Crippen LogP contribution in [0, 0.1) is 0 Å². The van der Waals surface area contributed by atoms with Crippen molar-refractivity contribution < 1.29 is 14.3 Å². The summed E-state index contributed by atoms with van der Waals surface area (Å²) in [4.78, 5) is 13.3. The number of hydrogen-bond donors (Lipinski definition) is 2. The van der Waals surface area contributed by atoms with Crippen LogP contribution in [0.25, 0.3) is 10.8 Å². The second-order valence-corrected chi connectivity index (χ2v) is 7.35. The summed E-state index contributed by atoms with van der Waals surface area (Å²) in [6.07, 6.45) is 1.77.